The molecule has 6 heteroatoms. The molecule has 1 N–H and O–H groups in total. The van der Waals surface area contributed by atoms with Crippen molar-refractivity contribution in [2.24, 2.45) is 7.05 Å². The third kappa shape index (κ3) is 1.72. The van der Waals surface area contributed by atoms with Gasteiger partial charge >= 0.3 is 0 Å². The molecule has 0 radical (unpaired) electrons. The molecule has 1 aliphatic heterocycles. The number of hydrogen-bond donors (Lipinski definition) is 1. The highest BCUT2D eigenvalue weighted by molar-refractivity contribution is 5.85. The average Bonchev–Trinajstić information content (AvgIpc) is 2.83. The van der Waals surface area contributed by atoms with Crippen LogP contribution in [0.4, 0.5) is 0 Å². The zero-order chi connectivity index (χ0) is 10.3. The van der Waals surface area contributed by atoms with Gasteiger partial charge in [0.2, 0.25) is 0 Å². The van der Waals surface area contributed by atoms with Crippen molar-refractivity contribution in [1.82, 2.24) is 24.6 Å². The highest BCUT2D eigenvalue weighted by Crippen LogP contribution is 2.21. The Balaban J connectivity index is 0.000000963. The van der Waals surface area contributed by atoms with Gasteiger partial charge in [0.1, 0.15) is 5.82 Å². The third-order valence-electron chi connectivity index (χ3n) is 2.73. The van der Waals surface area contributed by atoms with Crippen LogP contribution in [0.5, 0.6) is 0 Å². The lowest BCUT2D eigenvalue weighted by atomic mass is 10.2. The van der Waals surface area contributed by atoms with Gasteiger partial charge in [-0.25, -0.2) is 4.98 Å². The van der Waals surface area contributed by atoms with Crippen molar-refractivity contribution in [3.05, 3.63) is 24.4 Å². The molecule has 0 aromatic carbocycles. The summed E-state index contributed by atoms with van der Waals surface area (Å²) >= 11 is 0. The fourth-order valence-corrected chi connectivity index (χ4v) is 1.98. The van der Waals surface area contributed by atoms with Crippen LogP contribution < -0.4 is 5.32 Å². The van der Waals surface area contributed by atoms with Crippen LogP contribution in [-0.4, -0.2) is 25.9 Å². The van der Waals surface area contributed by atoms with Crippen LogP contribution >= 0.6 is 12.4 Å². The van der Waals surface area contributed by atoms with E-state index in [-0.39, 0.29) is 12.4 Å². The van der Waals surface area contributed by atoms with Crippen molar-refractivity contribution < 1.29 is 0 Å². The van der Waals surface area contributed by atoms with Crippen LogP contribution in [-0.2, 0) is 20.1 Å². The lowest BCUT2D eigenvalue weighted by Crippen LogP contribution is -2.28. The molecule has 0 bridgehead atoms. The maximum atomic E-state index is 4.41. The molecule has 0 aliphatic carbocycles. The summed E-state index contributed by atoms with van der Waals surface area (Å²) in [5.41, 5.74) is 2.30. The molecular weight excluding hydrogens is 226 g/mol. The summed E-state index contributed by atoms with van der Waals surface area (Å²) in [7, 11) is 1.93. The summed E-state index contributed by atoms with van der Waals surface area (Å²) in [5, 5.41) is 7.49. The first-order valence-electron chi connectivity index (χ1n) is 5.09. The second-order valence-corrected chi connectivity index (χ2v) is 3.79. The molecule has 5 nitrogen and oxygen atoms in total. The first kappa shape index (κ1) is 11.2. The quantitative estimate of drug-likeness (QED) is 0.801. The molecule has 1 aliphatic rings. The van der Waals surface area contributed by atoms with E-state index in [0.717, 1.165) is 31.0 Å². The SMILES string of the molecule is Cl.Cn1cc(-c2cnc3n2CCNC3)cn1. The molecule has 16 heavy (non-hydrogen) atoms. The van der Waals surface area contributed by atoms with Crippen molar-refractivity contribution in [2.75, 3.05) is 6.54 Å². The zero-order valence-electron chi connectivity index (χ0n) is 9.05. The zero-order valence-corrected chi connectivity index (χ0v) is 9.87. The summed E-state index contributed by atoms with van der Waals surface area (Å²) in [4.78, 5) is 4.41. The van der Waals surface area contributed by atoms with E-state index in [1.165, 1.54) is 5.69 Å². The number of hydrogen-bond acceptors (Lipinski definition) is 3. The molecule has 0 unspecified atom stereocenters. The molecule has 0 saturated carbocycles. The van der Waals surface area contributed by atoms with Gasteiger partial charge < -0.3 is 9.88 Å². The van der Waals surface area contributed by atoms with E-state index >= 15 is 0 Å². The molecule has 0 spiro atoms. The van der Waals surface area contributed by atoms with Crippen molar-refractivity contribution in [2.45, 2.75) is 13.1 Å². The topological polar surface area (TPSA) is 47.7 Å². The Kier molecular flexibility index (Phi) is 2.98. The largest absolute Gasteiger partial charge is 0.326 e. The molecule has 0 atom stereocenters. The number of nitrogens with zero attached hydrogens (tertiary/aromatic N) is 4. The summed E-state index contributed by atoms with van der Waals surface area (Å²) in [6, 6.07) is 0. The molecule has 2 aromatic heterocycles. The van der Waals surface area contributed by atoms with E-state index < -0.39 is 0 Å². The number of imidazole rings is 1. The first-order chi connectivity index (χ1) is 7.34. The Morgan fingerprint density at radius 3 is 3.00 bits per heavy atom. The predicted molar refractivity (Wildman–Crippen MR) is 63.4 cm³/mol. The van der Waals surface area contributed by atoms with Crippen molar-refractivity contribution in [1.29, 1.82) is 0 Å². The Labute approximate surface area is 99.9 Å². The monoisotopic (exact) mass is 239 g/mol. The minimum atomic E-state index is 0. The van der Waals surface area contributed by atoms with E-state index in [0.29, 0.717) is 0 Å². The normalized spacial score (nSPS) is 14.3. The number of rotatable bonds is 1. The van der Waals surface area contributed by atoms with E-state index in [4.69, 9.17) is 0 Å². The Morgan fingerprint density at radius 1 is 1.38 bits per heavy atom. The van der Waals surface area contributed by atoms with Crippen molar-refractivity contribution >= 4 is 12.4 Å². The van der Waals surface area contributed by atoms with Crippen LogP contribution in [0.1, 0.15) is 5.82 Å². The Morgan fingerprint density at radius 2 is 2.25 bits per heavy atom. The third-order valence-corrected chi connectivity index (χ3v) is 2.73. The standard InChI is InChI=1S/C10H13N5.ClH/c1-14-7-8(4-13-14)9-5-12-10-6-11-2-3-15(9)10;/h4-5,7,11H,2-3,6H2,1H3;1H. The molecule has 2 aromatic rings. The van der Waals surface area contributed by atoms with Gasteiger partial charge in [-0.3, -0.25) is 4.68 Å². The highest BCUT2D eigenvalue weighted by Gasteiger charge is 2.15. The Bertz CT molecular complexity index is 487. The molecule has 86 valence electrons. The second-order valence-electron chi connectivity index (χ2n) is 3.79. The van der Waals surface area contributed by atoms with Crippen LogP contribution in [0.2, 0.25) is 0 Å². The van der Waals surface area contributed by atoms with Crippen molar-refractivity contribution in [3.63, 3.8) is 0 Å². The van der Waals surface area contributed by atoms with Crippen LogP contribution in [0.15, 0.2) is 18.6 Å². The molecular formula is C10H14ClN5. The summed E-state index contributed by atoms with van der Waals surface area (Å²) in [5.74, 6) is 1.11. The van der Waals surface area contributed by atoms with Crippen molar-refractivity contribution in [3.8, 4) is 11.3 Å². The van der Waals surface area contributed by atoms with Gasteiger partial charge in [0, 0.05) is 31.9 Å². The molecule has 3 rings (SSSR count). The second kappa shape index (κ2) is 4.27. The summed E-state index contributed by atoms with van der Waals surface area (Å²) < 4.78 is 4.07. The lowest BCUT2D eigenvalue weighted by molar-refractivity contribution is 0.508. The van der Waals surface area contributed by atoms with Gasteiger partial charge in [0.05, 0.1) is 24.6 Å². The summed E-state index contributed by atoms with van der Waals surface area (Å²) in [6.45, 7) is 2.86. The van der Waals surface area contributed by atoms with Gasteiger partial charge in [-0.05, 0) is 0 Å². The minimum Gasteiger partial charge on any atom is -0.326 e. The van der Waals surface area contributed by atoms with Crippen LogP contribution in [0, 0.1) is 0 Å². The van der Waals surface area contributed by atoms with E-state index in [9.17, 15) is 0 Å². The van der Waals surface area contributed by atoms with Gasteiger partial charge in [-0.15, -0.1) is 12.4 Å². The number of fused-ring (bicyclic) bond motifs is 1. The van der Waals surface area contributed by atoms with E-state index in [2.05, 4.69) is 20.0 Å². The lowest BCUT2D eigenvalue weighted by Gasteiger charge is -2.16. The maximum absolute atomic E-state index is 4.41. The van der Waals surface area contributed by atoms with Crippen LogP contribution in [0.25, 0.3) is 11.3 Å². The van der Waals surface area contributed by atoms with Gasteiger partial charge in [-0.1, -0.05) is 0 Å². The van der Waals surface area contributed by atoms with E-state index in [1.807, 2.05) is 30.3 Å². The number of aryl methyl sites for hydroxylation is 1. The molecule has 3 heterocycles. The first-order valence-corrected chi connectivity index (χ1v) is 5.09. The highest BCUT2D eigenvalue weighted by atomic mass is 35.5. The number of aromatic nitrogens is 4. The van der Waals surface area contributed by atoms with Gasteiger partial charge in [0.25, 0.3) is 0 Å². The average molecular weight is 240 g/mol. The number of halogens is 1. The molecule has 0 saturated heterocycles. The Hall–Kier alpha value is -1.33. The fraction of sp³-hybridized carbons (Fsp3) is 0.400. The van der Waals surface area contributed by atoms with Gasteiger partial charge in [0.15, 0.2) is 0 Å². The predicted octanol–water partition coefficient (Wildman–Crippen LogP) is 0.809. The van der Waals surface area contributed by atoms with Gasteiger partial charge in [-0.2, -0.15) is 5.10 Å². The molecule has 0 amide bonds. The summed E-state index contributed by atoms with van der Waals surface area (Å²) in [6.07, 6.45) is 5.83. The fourth-order valence-electron chi connectivity index (χ4n) is 1.98. The minimum absolute atomic E-state index is 0. The maximum Gasteiger partial charge on any atom is 0.123 e. The van der Waals surface area contributed by atoms with Crippen LogP contribution in [0.3, 0.4) is 0 Å². The van der Waals surface area contributed by atoms with E-state index in [1.54, 1.807) is 0 Å². The number of nitrogens with one attached hydrogen (secondary N) is 1. The smallest absolute Gasteiger partial charge is 0.123 e. The molecule has 0 fully saturated rings.